The first kappa shape index (κ1) is 35.0. The minimum atomic E-state index is -0.872. The third-order valence-corrected chi connectivity index (χ3v) is 4.80. The van der Waals surface area contributed by atoms with E-state index in [2.05, 4.69) is 57.2 Å². The summed E-state index contributed by atoms with van der Waals surface area (Å²) in [6.45, 7) is 9.93. The molecule has 4 rings (SSSR count). The molecule has 37 heavy (non-hydrogen) atoms. The summed E-state index contributed by atoms with van der Waals surface area (Å²) in [6, 6.07) is 32.5. The average molecular weight is 503 g/mol. The molecule has 0 bridgehead atoms. The standard InChI is InChI=1S/2C8H8O2.C8H10.C7H8.2CH4/c1-6-3-2-4-7(5-6)8(9)10;1-6-4-2-3-5-7(6)8(9)10;1-7-3-5-8(2)6-4-7;1-7-5-3-2-4-6-7;;/h2*2-5H,1H3,(H,9,10);3-6H,1-2H3;2-6H,1H3;2*1H4. The van der Waals surface area contributed by atoms with Crippen molar-refractivity contribution < 1.29 is 19.8 Å². The Balaban J connectivity index is 0. The van der Waals surface area contributed by atoms with Gasteiger partial charge in [0, 0.05) is 0 Å². The molecule has 4 nitrogen and oxygen atoms in total. The minimum Gasteiger partial charge on any atom is -0.478 e. The maximum atomic E-state index is 10.4. The molecule has 4 heteroatoms. The number of carboxylic acids is 2. The summed E-state index contributed by atoms with van der Waals surface area (Å²) in [6.07, 6.45) is 0. The van der Waals surface area contributed by atoms with Crippen LogP contribution in [0.4, 0.5) is 0 Å². The van der Waals surface area contributed by atoms with Gasteiger partial charge in [-0.3, -0.25) is 0 Å². The monoisotopic (exact) mass is 502 g/mol. The zero-order chi connectivity index (χ0) is 26.2. The molecular formula is C33H42O4. The average Bonchev–Trinajstić information content (AvgIpc) is 2.83. The van der Waals surface area contributed by atoms with Gasteiger partial charge in [0.1, 0.15) is 0 Å². The molecule has 0 aliphatic heterocycles. The van der Waals surface area contributed by atoms with Gasteiger partial charge in [0.15, 0.2) is 0 Å². The minimum absolute atomic E-state index is 0. The zero-order valence-corrected chi connectivity index (χ0v) is 21.0. The SMILES string of the molecule is C.C.Cc1ccc(C)cc1.Cc1cccc(C(=O)O)c1.Cc1ccccc1.Cc1ccccc1C(=O)O. The largest absolute Gasteiger partial charge is 0.478 e. The second-order valence-electron chi connectivity index (χ2n) is 8.10. The van der Waals surface area contributed by atoms with Gasteiger partial charge < -0.3 is 10.2 Å². The normalized spacial score (nSPS) is 8.68. The van der Waals surface area contributed by atoms with Gasteiger partial charge in [0.25, 0.3) is 0 Å². The van der Waals surface area contributed by atoms with E-state index in [4.69, 9.17) is 10.2 Å². The van der Waals surface area contributed by atoms with Gasteiger partial charge in [0.05, 0.1) is 11.1 Å². The van der Waals surface area contributed by atoms with E-state index in [9.17, 15) is 9.59 Å². The lowest BCUT2D eigenvalue weighted by Crippen LogP contribution is -1.97. The van der Waals surface area contributed by atoms with Gasteiger partial charge >= 0.3 is 11.9 Å². The summed E-state index contributed by atoms with van der Waals surface area (Å²) < 4.78 is 0. The highest BCUT2D eigenvalue weighted by Crippen LogP contribution is 2.05. The third-order valence-electron chi connectivity index (χ3n) is 4.80. The molecule has 0 aromatic heterocycles. The van der Waals surface area contributed by atoms with Crippen LogP contribution in [0.25, 0.3) is 0 Å². The molecule has 0 saturated carbocycles. The summed E-state index contributed by atoms with van der Waals surface area (Å²) in [5.74, 6) is -1.73. The predicted octanol–water partition coefficient (Wildman–Crippen LogP) is 8.96. The molecule has 0 aliphatic carbocycles. The Morgan fingerprint density at radius 3 is 1.24 bits per heavy atom. The van der Waals surface area contributed by atoms with Crippen molar-refractivity contribution in [3.8, 4) is 0 Å². The first-order valence-electron chi connectivity index (χ1n) is 11.2. The molecule has 0 spiro atoms. The lowest BCUT2D eigenvalue weighted by Gasteiger charge is -1.96. The Morgan fingerprint density at radius 2 is 0.919 bits per heavy atom. The maximum Gasteiger partial charge on any atom is 0.335 e. The molecule has 0 atom stereocenters. The molecule has 0 fully saturated rings. The molecule has 2 N–H and O–H groups in total. The fourth-order valence-corrected chi connectivity index (χ4v) is 2.76. The van der Waals surface area contributed by atoms with Crippen LogP contribution in [0.3, 0.4) is 0 Å². The second-order valence-corrected chi connectivity index (χ2v) is 8.10. The molecule has 0 amide bonds. The first-order valence-corrected chi connectivity index (χ1v) is 11.2. The summed E-state index contributed by atoms with van der Waals surface area (Å²) in [5, 5.41) is 17.1. The van der Waals surface area contributed by atoms with Crippen molar-refractivity contribution in [2.24, 2.45) is 0 Å². The van der Waals surface area contributed by atoms with Crippen molar-refractivity contribution >= 4 is 11.9 Å². The van der Waals surface area contributed by atoms with Gasteiger partial charge in [-0.1, -0.05) is 122 Å². The molecule has 0 saturated heterocycles. The van der Waals surface area contributed by atoms with E-state index in [1.165, 1.54) is 16.7 Å². The maximum absolute atomic E-state index is 10.4. The second kappa shape index (κ2) is 19.1. The Bertz CT molecular complexity index is 1160. The summed E-state index contributed by atoms with van der Waals surface area (Å²) in [7, 11) is 0. The van der Waals surface area contributed by atoms with Crippen LogP contribution < -0.4 is 0 Å². The lowest BCUT2D eigenvalue weighted by molar-refractivity contribution is 0.0685. The highest BCUT2D eigenvalue weighted by molar-refractivity contribution is 5.89. The zero-order valence-electron chi connectivity index (χ0n) is 21.0. The number of hydrogen-bond acceptors (Lipinski definition) is 2. The molecular weight excluding hydrogens is 460 g/mol. The molecule has 0 aliphatic rings. The third kappa shape index (κ3) is 15.4. The summed E-state index contributed by atoms with van der Waals surface area (Å²) >= 11 is 0. The van der Waals surface area contributed by atoms with Crippen LogP contribution in [0.15, 0.2) is 103 Å². The van der Waals surface area contributed by atoms with E-state index in [0.717, 1.165) is 11.1 Å². The van der Waals surface area contributed by atoms with Crippen molar-refractivity contribution in [1.29, 1.82) is 0 Å². The van der Waals surface area contributed by atoms with Crippen molar-refractivity contribution in [2.75, 3.05) is 0 Å². The molecule has 198 valence electrons. The Kier molecular flexibility index (Phi) is 18.0. The van der Waals surface area contributed by atoms with Crippen LogP contribution in [-0.2, 0) is 0 Å². The van der Waals surface area contributed by atoms with E-state index >= 15 is 0 Å². The molecule has 0 radical (unpaired) electrons. The number of rotatable bonds is 2. The van der Waals surface area contributed by atoms with E-state index in [-0.39, 0.29) is 14.9 Å². The van der Waals surface area contributed by atoms with Crippen molar-refractivity contribution in [2.45, 2.75) is 49.5 Å². The van der Waals surface area contributed by atoms with Gasteiger partial charge in [-0.2, -0.15) is 0 Å². The molecule has 0 unspecified atom stereocenters. The van der Waals surface area contributed by atoms with Crippen molar-refractivity contribution in [3.05, 3.63) is 142 Å². The van der Waals surface area contributed by atoms with Crippen LogP contribution in [-0.4, -0.2) is 22.2 Å². The Hall–Kier alpha value is -4.18. The van der Waals surface area contributed by atoms with Gasteiger partial charge in [0.2, 0.25) is 0 Å². The molecule has 0 heterocycles. The Labute approximate surface area is 223 Å². The van der Waals surface area contributed by atoms with E-state index in [1.54, 1.807) is 43.3 Å². The summed E-state index contributed by atoms with van der Waals surface area (Å²) in [5.41, 5.74) is 6.48. The number of hydrogen-bond donors (Lipinski definition) is 2. The quantitative estimate of drug-likeness (QED) is 0.287. The fraction of sp³-hybridized carbons (Fsp3) is 0.212. The van der Waals surface area contributed by atoms with Gasteiger partial charge in [-0.25, -0.2) is 9.59 Å². The van der Waals surface area contributed by atoms with Crippen LogP contribution in [0, 0.1) is 34.6 Å². The smallest absolute Gasteiger partial charge is 0.335 e. The molecule has 4 aromatic carbocycles. The number of carbonyl (C=O) groups is 2. The first-order chi connectivity index (χ1) is 16.6. The van der Waals surface area contributed by atoms with Crippen molar-refractivity contribution in [1.82, 2.24) is 0 Å². The Morgan fingerprint density at radius 1 is 0.486 bits per heavy atom. The van der Waals surface area contributed by atoms with Crippen LogP contribution in [0.5, 0.6) is 0 Å². The predicted molar refractivity (Wildman–Crippen MR) is 157 cm³/mol. The number of aryl methyl sites for hydroxylation is 5. The van der Waals surface area contributed by atoms with Gasteiger partial charge in [-0.05, 0) is 58.4 Å². The highest BCUT2D eigenvalue weighted by Gasteiger charge is 2.03. The highest BCUT2D eigenvalue weighted by atomic mass is 16.4. The molecule has 4 aromatic rings. The fourth-order valence-electron chi connectivity index (χ4n) is 2.76. The van der Waals surface area contributed by atoms with E-state index in [1.807, 2.05) is 37.3 Å². The topological polar surface area (TPSA) is 74.6 Å². The van der Waals surface area contributed by atoms with Crippen molar-refractivity contribution in [3.63, 3.8) is 0 Å². The summed E-state index contributed by atoms with van der Waals surface area (Å²) in [4.78, 5) is 20.8. The number of aromatic carboxylic acids is 2. The van der Waals surface area contributed by atoms with E-state index < -0.39 is 11.9 Å². The van der Waals surface area contributed by atoms with Crippen LogP contribution in [0.2, 0.25) is 0 Å². The van der Waals surface area contributed by atoms with E-state index in [0.29, 0.717) is 11.1 Å². The van der Waals surface area contributed by atoms with Gasteiger partial charge in [-0.15, -0.1) is 0 Å². The van der Waals surface area contributed by atoms with Crippen LogP contribution in [0.1, 0.15) is 63.4 Å². The van der Waals surface area contributed by atoms with Crippen LogP contribution >= 0.6 is 0 Å². The number of benzene rings is 4. The number of carboxylic acid groups (broad SMARTS) is 2. The lowest BCUT2D eigenvalue weighted by atomic mass is 10.1.